The number of hydrogen-bond donors (Lipinski definition) is 2. The predicted molar refractivity (Wildman–Crippen MR) is 78.6 cm³/mol. The number of anilines is 1. The Morgan fingerprint density at radius 1 is 1.37 bits per heavy atom. The van der Waals surface area contributed by atoms with E-state index in [4.69, 9.17) is 0 Å². The van der Waals surface area contributed by atoms with Crippen LogP contribution in [-0.4, -0.2) is 21.1 Å². The lowest BCUT2D eigenvalue weighted by Gasteiger charge is -1.98. The van der Waals surface area contributed by atoms with Crippen molar-refractivity contribution >= 4 is 49.2 Å². The van der Waals surface area contributed by atoms with Crippen LogP contribution in [0.25, 0.3) is 10.9 Å². The molecule has 1 aromatic carbocycles. The zero-order valence-corrected chi connectivity index (χ0v) is 12.3. The molecular formula is C12H9BrN4OS. The van der Waals surface area contributed by atoms with Crippen molar-refractivity contribution < 1.29 is 4.79 Å². The summed E-state index contributed by atoms with van der Waals surface area (Å²) >= 11 is 4.79. The molecule has 0 aliphatic carbocycles. The molecule has 0 aliphatic heterocycles. The number of amides is 1. The monoisotopic (exact) mass is 336 g/mol. The number of aryl methyl sites for hydroxylation is 1. The molecule has 2 N–H and O–H groups in total. The van der Waals surface area contributed by atoms with Crippen LogP contribution in [0.15, 0.2) is 28.7 Å². The quantitative estimate of drug-likeness (QED) is 0.753. The fourth-order valence-electron chi connectivity index (χ4n) is 1.77. The number of aromatic amines is 1. The molecule has 2 heterocycles. The molecule has 5 nitrogen and oxygen atoms in total. The molecule has 3 aromatic rings. The first-order chi connectivity index (χ1) is 9.15. The molecule has 0 unspecified atom stereocenters. The minimum atomic E-state index is -0.237. The lowest BCUT2D eigenvalue weighted by molar-refractivity contribution is 0.102. The van der Waals surface area contributed by atoms with Crippen molar-refractivity contribution in [3.63, 3.8) is 0 Å². The molecular weight excluding hydrogens is 328 g/mol. The highest BCUT2D eigenvalue weighted by Crippen LogP contribution is 2.28. The summed E-state index contributed by atoms with van der Waals surface area (Å²) in [5.41, 5.74) is 1.39. The van der Waals surface area contributed by atoms with Crippen molar-refractivity contribution in [2.45, 2.75) is 6.92 Å². The van der Waals surface area contributed by atoms with Crippen LogP contribution in [0.5, 0.6) is 0 Å². The Labute approximate surface area is 121 Å². The highest BCUT2D eigenvalue weighted by atomic mass is 79.9. The van der Waals surface area contributed by atoms with Crippen LogP contribution in [0.3, 0.4) is 0 Å². The molecule has 0 atom stereocenters. The van der Waals surface area contributed by atoms with Gasteiger partial charge in [-0.2, -0.15) is 0 Å². The average molecular weight is 337 g/mol. The van der Waals surface area contributed by atoms with E-state index >= 15 is 0 Å². The van der Waals surface area contributed by atoms with Gasteiger partial charge in [0, 0.05) is 10.9 Å². The summed E-state index contributed by atoms with van der Waals surface area (Å²) in [5.74, 6) is -0.237. The van der Waals surface area contributed by atoms with Gasteiger partial charge in [-0.15, -0.1) is 10.2 Å². The second-order valence-corrected chi connectivity index (χ2v) is 5.91. The first-order valence-electron chi connectivity index (χ1n) is 5.53. The minimum absolute atomic E-state index is 0.237. The predicted octanol–water partition coefficient (Wildman–Crippen LogP) is 3.34. The number of hydrogen-bond acceptors (Lipinski definition) is 4. The van der Waals surface area contributed by atoms with Crippen molar-refractivity contribution in [3.05, 3.63) is 39.4 Å². The minimum Gasteiger partial charge on any atom is -0.350 e. The van der Waals surface area contributed by atoms with Crippen LogP contribution in [0, 0.1) is 6.92 Å². The van der Waals surface area contributed by atoms with Gasteiger partial charge in [0.15, 0.2) is 0 Å². The molecule has 1 amide bonds. The summed E-state index contributed by atoms with van der Waals surface area (Å²) in [6, 6.07) is 7.71. The number of nitrogens with zero attached hydrogens (tertiary/aromatic N) is 2. The number of benzene rings is 1. The van der Waals surface area contributed by atoms with Gasteiger partial charge < -0.3 is 4.98 Å². The Morgan fingerprint density at radius 2 is 2.16 bits per heavy atom. The Hall–Kier alpha value is -1.73. The highest BCUT2D eigenvalue weighted by molar-refractivity contribution is 9.10. The van der Waals surface area contributed by atoms with E-state index in [0.29, 0.717) is 10.8 Å². The van der Waals surface area contributed by atoms with E-state index in [1.54, 1.807) is 0 Å². The number of carbonyl (C=O) groups is 1. The van der Waals surface area contributed by atoms with Crippen LogP contribution >= 0.6 is 27.3 Å². The number of fused-ring (bicyclic) bond motifs is 1. The first-order valence-corrected chi connectivity index (χ1v) is 7.14. The standard InChI is InChI=1S/C12H9BrN4OS/c1-6-16-17-12(19-6)15-11(18)10-9(13)7-4-2-3-5-8(7)14-10/h2-5,14H,1H3,(H,15,17,18). The maximum absolute atomic E-state index is 12.2. The molecule has 7 heteroatoms. The second kappa shape index (κ2) is 4.75. The van der Waals surface area contributed by atoms with Crippen LogP contribution in [0.4, 0.5) is 5.13 Å². The second-order valence-electron chi connectivity index (χ2n) is 3.94. The SMILES string of the molecule is Cc1nnc(NC(=O)c2[nH]c3ccccc3c2Br)s1. The smallest absolute Gasteiger partial charge is 0.275 e. The molecule has 0 fully saturated rings. The van der Waals surface area contributed by atoms with Crippen LogP contribution < -0.4 is 5.32 Å². The van der Waals surface area contributed by atoms with Gasteiger partial charge in [0.25, 0.3) is 5.91 Å². The molecule has 0 aliphatic rings. The molecule has 96 valence electrons. The first kappa shape index (κ1) is 12.3. The van der Waals surface area contributed by atoms with E-state index in [-0.39, 0.29) is 5.91 Å². The third kappa shape index (κ3) is 2.26. The maximum atomic E-state index is 12.2. The number of halogens is 1. The van der Waals surface area contributed by atoms with Gasteiger partial charge in [-0.25, -0.2) is 0 Å². The lowest BCUT2D eigenvalue weighted by Crippen LogP contribution is -2.12. The summed E-state index contributed by atoms with van der Waals surface area (Å²) in [7, 11) is 0. The zero-order valence-electron chi connectivity index (χ0n) is 9.90. The number of nitrogens with one attached hydrogen (secondary N) is 2. The largest absolute Gasteiger partial charge is 0.350 e. The molecule has 3 rings (SSSR count). The Bertz CT molecular complexity index is 764. The van der Waals surface area contributed by atoms with Crippen molar-refractivity contribution in [1.82, 2.24) is 15.2 Å². The number of H-pyrrole nitrogens is 1. The molecule has 0 bridgehead atoms. The van der Waals surface area contributed by atoms with Gasteiger partial charge in [-0.3, -0.25) is 10.1 Å². The zero-order chi connectivity index (χ0) is 13.4. The van der Waals surface area contributed by atoms with E-state index in [1.807, 2.05) is 31.2 Å². The van der Waals surface area contributed by atoms with E-state index in [2.05, 4.69) is 36.4 Å². The molecule has 0 saturated carbocycles. The average Bonchev–Trinajstić information content (AvgIpc) is 2.94. The molecule has 0 radical (unpaired) electrons. The molecule has 2 aromatic heterocycles. The fraction of sp³-hybridized carbons (Fsp3) is 0.0833. The van der Waals surface area contributed by atoms with E-state index < -0.39 is 0 Å². The van der Waals surface area contributed by atoms with E-state index in [0.717, 1.165) is 20.4 Å². The number of aromatic nitrogens is 3. The number of carbonyl (C=O) groups excluding carboxylic acids is 1. The maximum Gasteiger partial charge on any atom is 0.275 e. The normalized spacial score (nSPS) is 10.8. The van der Waals surface area contributed by atoms with Crippen LogP contribution in [0.2, 0.25) is 0 Å². The van der Waals surface area contributed by atoms with Crippen LogP contribution in [0.1, 0.15) is 15.5 Å². The fourth-order valence-corrected chi connectivity index (χ4v) is 2.98. The van der Waals surface area contributed by atoms with Gasteiger partial charge in [0.05, 0.1) is 4.47 Å². The molecule has 0 spiro atoms. The van der Waals surface area contributed by atoms with Crippen molar-refractivity contribution in [2.75, 3.05) is 5.32 Å². The van der Waals surface area contributed by atoms with Gasteiger partial charge in [0.1, 0.15) is 10.7 Å². The summed E-state index contributed by atoms with van der Waals surface area (Å²) in [6.07, 6.45) is 0. The van der Waals surface area contributed by atoms with Crippen molar-refractivity contribution in [3.8, 4) is 0 Å². The Kier molecular flexibility index (Phi) is 3.08. The van der Waals surface area contributed by atoms with Crippen molar-refractivity contribution in [2.24, 2.45) is 0 Å². The van der Waals surface area contributed by atoms with E-state index in [1.165, 1.54) is 11.3 Å². The number of para-hydroxylation sites is 1. The topological polar surface area (TPSA) is 70.7 Å². The van der Waals surface area contributed by atoms with Crippen LogP contribution in [-0.2, 0) is 0 Å². The Morgan fingerprint density at radius 3 is 2.84 bits per heavy atom. The van der Waals surface area contributed by atoms with Gasteiger partial charge in [-0.1, -0.05) is 29.5 Å². The summed E-state index contributed by atoms with van der Waals surface area (Å²) in [5, 5.41) is 12.7. The molecule has 19 heavy (non-hydrogen) atoms. The van der Waals surface area contributed by atoms with Gasteiger partial charge in [0.2, 0.25) is 5.13 Å². The summed E-state index contributed by atoms with van der Waals surface area (Å²) < 4.78 is 0.752. The van der Waals surface area contributed by atoms with Gasteiger partial charge in [-0.05, 0) is 28.9 Å². The highest BCUT2D eigenvalue weighted by Gasteiger charge is 2.17. The summed E-state index contributed by atoms with van der Waals surface area (Å²) in [6.45, 7) is 1.84. The summed E-state index contributed by atoms with van der Waals surface area (Å²) in [4.78, 5) is 15.3. The molecule has 0 saturated heterocycles. The van der Waals surface area contributed by atoms with E-state index in [9.17, 15) is 4.79 Å². The van der Waals surface area contributed by atoms with Gasteiger partial charge >= 0.3 is 0 Å². The number of rotatable bonds is 2. The Balaban J connectivity index is 1.95. The lowest BCUT2D eigenvalue weighted by atomic mass is 10.2. The van der Waals surface area contributed by atoms with Crippen molar-refractivity contribution in [1.29, 1.82) is 0 Å². The third-order valence-electron chi connectivity index (χ3n) is 2.62. The third-order valence-corrected chi connectivity index (χ3v) is 4.19.